The summed E-state index contributed by atoms with van der Waals surface area (Å²) in [6, 6.07) is 66.6. The molecule has 0 N–H and O–H groups in total. The van der Waals surface area contributed by atoms with Crippen molar-refractivity contribution in [2.75, 3.05) is 0 Å². The Morgan fingerprint density at radius 2 is 0.615 bits per heavy atom. The van der Waals surface area contributed by atoms with Crippen LogP contribution in [-0.2, 0) is 0 Å². The lowest BCUT2D eigenvalue weighted by Gasteiger charge is -2.11. The Hall–Kier alpha value is -6.97. The molecule has 0 spiro atoms. The minimum Gasteiger partial charge on any atom is -0.208 e. The third kappa shape index (κ3) is 5.46. The van der Waals surface area contributed by atoms with Crippen molar-refractivity contribution in [3.05, 3.63) is 188 Å². The summed E-state index contributed by atoms with van der Waals surface area (Å²) < 4.78 is 0. The van der Waals surface area contributed by atoms with Crippen LogP contribution in [0.4, 0.5) is 0 Å². The van der Waals surface area contributed by atoms with Crippen LogP contribution >= 0.6 is 0 Å². The third-order valence-corrected chi connectivity index (χ3v) is 10.0. The number of fused-ring (bicyclic) bond motifs is 5. The van der Waals surface area contributed by atoms with Crippen molar-refractivity contribution in [3.8, 4) is 56.4 Å². The van der Waals surface area contributed by atoms with Gasteiger partial charge in [0.05, 0.1) is 0 Å². The quantitative estimate of drug-likeness (QED) is 0.172. The Balaban J connectivity index is 1.03. The van der Waals surface area contributed by atoms with Gasteiger partial charge in [-0.2, -0.15) is 0 Å². The highest BCUT2D eigenvalue weighted by Crippen LogP contribution is 2.34. The molecule has 52 heavy (non-hydrogen) atoms. The van der Waals surface area contributed by atoms with Gasteiger partial charge in [-0.15, -0.1) is 0 Å². The van der Waals surface area contributed by atoms with E-state index in [2.05, 4.69) is 158 Å². The van der Waals surface area contributed by atoms with Crippen LogP contribution in [0.3, 0.4) is 0 Å². The summed E-state index contributed by atoms with van der Waals surface area (Å²) in [6.45, 7) is 0. The molecule has 0 atom stereocenters. The zero-order valence-electron chi connectivity index (χ0n) is 28.2. The SMILES string of the molecule is c1ccc(-c2nc(-c3cccc(-c4ccc5cc(-c6ccc7ccccc7c6)ccc5c4)c3)nc(-c3ccc4c(ccc5ccccc54)c3)n2)cc1. The standard InChI is InChI=1S/C49H31N3/c1-2-11-34(12-3-1)47-50-48(52-49(51-47)44-25-26-46-42(31-44)24-18-33-10-6-7-16-45(33)46)43-15-8-14-36(30-43)37-20-21-41-29-40(23-22-39(41)28-37)38-19-17-32-9-4-5-13-35(32)27-38/h1-31H. The number of hydrogen-bond acceptors (Lipinski definition) is 3. The van der Waals surface area contributed by atoms with E-state index in [0.717, 1.165) is 33.2 Å². The van der Waals surface area contributed by atoms with Gasteiger partial charge in [0.2, 0.25) is 0 Å². The number of hydrogen-bond donors (Lipinski definition) is 0. The maximum Gasteiger partial charge on any atom is 0.164 e. The van der Waals surface area contributed by atoms with E-state index >= 15 is 0 Å². The zero-order valence-corrected chi connectivity index (χ0v) is 28.2. The van der Waals surface area contributed by atoms with E-state index in [-0.39, 0.29) is 0 Å². The maximum absolute atomic E-state index is 5.09. The second-order valence-electron chi connectivity index (χ2n) is 13.3. The van der Waals surface area contributed by atoms with E-state index in [1.807, 2.05) is 30.3 Å². The Morgan fingerprint density at radius 3 is 1.33 bits per heavy atom. The molecule has 9 aromatic carbocycles. The van der Waals surface area contributed by atoms with Crippen molar-refractivity contribution in [1.29, 1.82) is 0 Å². The molecule has 0 bridgehead atoms. The van der Waals surface area contributed by atoms with E-state index < -0.39 is 0 Å². The van der Waals surface area contributed by atoms with Gasteiger partial charge in [-0.3, -0.25) is 0 Å². The second-order valence-corrected chi connectivity index (χ2v) is 13.3. The van der Waals surface area contributed by atoms with Crippen LogP contribution in [0.15, 0.2) is 188 Å². The van der Waals surface area contributed by atoms with Crippen LogP contribution in [0.5, 0.6) is 0 Å². The summed E-state index contributed by atoms with van der Waals surface area (Å²) >= 11 is 0. The summed E-state index contributed by atoms with van der Waals surface area (Å²) in [6.07, 6.45) is 0. The first kappa shape index (κ1) is 29.9. The fraction of sp³-hybridized carbons (Fsp3) is 0. The van der Waals surface area contributed by atoms with E-state index in [1.54, 1.807) is 0 Å². The summed E-state index contributed by atoms with van der Waals surface area (Å²) in [7, 11) is 0. The van der Waals surface area contributed by atoms with Gasteiger partial charge in [-0.1, -0.05) is 158 Å². The topological polar surface area (TPSA) is 38.7 Å². The molecular weight excluding hydrogens is 631 g/mol. The van der Waals surface area contributed by atoms with Gasteiger partial charge < -0.3 is 0 Å². The third-order valence-electron chi connectivity index (χ3n) is 10.0. The molecule has 0 fully saturated rings. The van der Waals surface area contributed by atoms with Crippen molar-refractivity contribution in [2.45, 2.75) is 0 Å². The van der Waals surface area contributed by atoms with Gasteiger partial charge in [0.1, 0.15) is 0 Å². The molecule has 0 unspecified atom stereocenters. The molecule has 3 heteroatoms. The first-order valence-corrected chi connectivity index (χ1v) is 17.6. The second kappa shape index (κ2) is 12.4. The molecule has 1 aromatic heterocycles. The van der Waals surface area contributed by atoms with Crippen molar-refractivity contribution < 1.29 is 0 Å². The van der Waals surface area contributed by atoms with E-state index in [4.69, 9.17) is 15.0 Å². The highest BCUT2D eigenvalue weighted by molar-refractivity contribution is 6.08. The number of aromatic nitrogens is 3. The van der Waals surface area contributed by atoms with Gasteiger partial charge in [0.25, 0.3) is 0 Å². The lowest BCUT2D eigenvalue weighted by atomic mass is 9.96. The van der Waals surface area contributed by atoms with E-state index in [0.29, 0.717) is 17.5 Å². The normalized spacial score (nSPS) is 11.5. The monoisotopic (exact) mass is 661 g/mol. The van der Waals surface area contributed by atoms with Crippen molar-refractivity contribution >= 4 is 43.1 Å². The Morgan fingerprint density at radius 1 is 0.212 bits per heavy atom. The first-order valence-electron chi connectivity index (χ1n) is 17.6. The first-order chi connectivity index (χ1) is 25.7. The van der Waals surface area contributed by atoms with E-state index in [9.17, 15) is 0 Å². The summed E-state index contributed by atoms with van der Waals surface area (Å²) in [4.78, 5) is 15.1. The Bertz CT molecular complexity index is 2970. The minimum absolute atomic E-state index is 0.644. The summed E-state index contributed by atoms with van der Waals surface area (Å²) in [5.41, 5.74) is 7.54. The predicted molar refractivity (Wildman–Crippen MR) is 217 cm³/mol. The summed E-state index contributed by atoms with van der Waals surface area (Å²) in [5.74, 6) is 1.94. The Kier molecular flexibility index (Phi) is 7.14. The number of benzene rings is 9. The van der Waals surface area contributed by atoms with Crippen LogP contribution in [0.1, 0.15) is 0 Å². The highest BCUT2D eigenvalue weighted by Gasteiger charge is 2.14. The van der Waals surface area contributed by atoms with Gasteiger partial charge in [-0.05, 0) is 95.7 Å². The maximum atomic E-state index is 5.09. The highest BCUT2D eigenvalue weighted by atomic mass is 15.0. The van der Waals surface area contributed by atoms with Gasteiger partial charge in [0.15, 0.2) is 17.5 Å². The molecule has 0 aliphatic rings. The molecule has 242 valence electrons. The lowest BCUT2D eigenvalue weighted by Crippen LogP contribution is -2.00. The van der Waals surface area contributed by atoms with Crippen LogP contribution in [0.25, 0.3) is 99.5 Å². The van der Waals surface area contributed by atoms with Crippen LogP contribution in [-0.4, -0.2) is 15.0 Å². The smallest absolute Gasteiger partial charge is 0.164 e. The van der Waals surface area contributed by atoms with Crippen molar-refractivity contribution in [3.63, 3.8) is 0 Å². The number of nitrogens with zero attached hydrogens (tertiary/aromatic N) is 3. The van der Waals surface area contributed by atoms with Gasteiger partial charge >= 0.3 is 0 Å². The molecule has 0 aliphatic heterocycles. The van der Waals surface area contributed by atoms with Crippen LogP contribution in [0.2, 0.25) is 0 Å². The lowest BCUT2D eigenvalue weighted by molar-refractivity contribution is 1.07. The van der Waals surface area contributed by atoms with E-state index in [1.165, 1.54) is 48.8 Å². The molecule has 0 saturated carbocycles. The Labute approximate surface area is 301 Å². The predicted octanol–water partition coefficient (Wildman–Crippen LogP) is 12.8. The molecule has 10 aromatic rings. The molecule has 10 rings (SSSR count). The van der Waals surface area contributed by atoms with Crippen molar-refractivity contribution in [2.24, 2.45) is 0 Å². The fourth-order valence-corrected chi connectivity index (χ4v) is 7.31. The van der Waals surface area contributed by atoms with Gasteiger partial charge in [0, 0.05) is 16.7 Å². The average Bonchev–Trinajstić information content (AvgIpc) is 3.23. The molecule has 0 aliphatic carbocycles. The van der Waals surface area contributed by atoms with Crippen LogP contribution < -0.4 is 0 Å². The van der Waals surface area contributed by atoms with Crippen LogP contribution in [0, 0.1) is 0 Å². The molecule has 3 nitrogen and oxygen atoms in total. The summed E-state index contributed by atoms with van der Waals surface area (Å²) in [5, 5.41) is 9.76. The minimum atomic E-state index is 0.644. The molecule has 0 saturated heterocycles. The zero-order chi connectivity index (χ0) is 34.4. The molecule has 1 heterocycles. The fourth-order valence-electron chi connectivity index (χ4n) is 7.31. The molecular formula is C49H31N3. The molecule has 0 radical (unpaired) electrons. The largest absolute Gasteiger partial charge is 0.208 e. The average molecular weight is 662 g/mol. The van der Waals surface area contributed by atoms with Crippen molar-refractivity contribution in [1.82, 2.24) is 15.0 Å². The molecule has 0 amide bonds. The number of rotatable bonds is 5. The van der Waals surface area contributed by atoms with Gasteiger partial charge in [-0.25, -0.2) is 15.0 Å².